The number of hydrogen-bond acceptors (Lipinski definition) is 7. The summed E-state index contributed by atoms with van der Waals surface area (Å²) in [6.45, 7) is 9.65. The summed E-state index contributed by atoms with van der Waals surface area (Å²) in [4.78, 5) is 43.5. The van der Waals surface area contributed by atoms with Crippen LogP contribution in [0.4, 0.5) is 0 Å². The largest absolute Gasteiger partial charge is 0.477 e. The summed E-state index contributed by atoms with van der Waals surface area (Å²) in [5, 5.41) is 31.0. The van der Waals surface area contributed by atoms with E-state index >= 15 is 0 Å². The van der Waals surface area contributed by atoms with Crippen LogP contribution in [-0.4, -0.2) is 104 Å². The van der Waals surface area contributed by atoms with Gasteiger partial charge in [0.05, 0.1) is 29.9 Å². The normalized spacial score (nSPS) is 34.9. The fourth-order valence-electron chi connectivity index (χ4n) is 5.72. The van der Waals surface area contributed by atoms with E-state index in [0.29, 0.717) is 43.3 Å². The SMILES string of the molecule is CC(=N)N1CCN(C(=O)C2CC(SC3=C(C(=O)O)N4C(=O)C(C(C)O)[C@H]4C3C)CN2)CC1C. The second kappa shape index (κ2) is 8.92. The molecule has 0 radical (unpaired) electrons. The third-order valence-corrected chi connectivity index (χ3v) is 8.87. The van der Waals surface area contributed by atoms with E-state index in [1.807, 2.05) is 23.6 Å². The maximum Gasteiger partial charge on any atom is 0.353 e. The minimum atomic E-state index is -1.13. The molecular formula is C22H33N5O5S. The molecule has 2 amide bonds. The Kier molecular flexibility index (Phi) is 6.49. The van der Waals surface area contributed by atoms with Gasteiger partial charge in [0, 0.05) is 48.3 Å². The highest BCUT2D eigenvalue weighted by molar-refractivity contribution is 8.03. The third kappa shape index (κ3) is 4.04. The number of amidine groups is 1. The van der Waals surface area contributed by atoms with Crippen molar-refractivity contribution in [2.24, 2.45) is 11.8 Å². The molecule has 4 aliphatic heterocycles. The molecule has 33 heavy (non-hydrogen) atoms. The van der Waals surface area contributed by atoms with Crippen LogP contribution in [0, 0.1) is 17.2 Å². The molecule has 0 bridgehead atoms. The lowest BCUT2D eigenvalue weighted by Crippen LogP contribution is -2.63. The third-order valence-electron chi connectivity index (χ3n) is 7.36. The summed E-state index contributed by atoms with van der Waals surface area (Å²) in [7, 11) is 0. The van der Waals surface area contributed by atoms with Crippen molar-refractivity contribution >= 4 is 35.4 Å². The molecule has 3 fully saturated rings. The zero-order chi connectivity index (χ0) is 24.2. The van der Waals surface area contributed by atoms with Crippen LogP contribution >= 0.6 is 11.8 Å². The number of carboxylic acids is 1. The van der Waals surface area contributed by atoms with Gasteiger partial charge in [-0.15, -0.1) is 11.8 Å². The summed E-state index contributed by atoms with van der Waals surface area (Å²) in [6.07, 6.45) is -0.237. The van der Waals surface area contributed by atoms with Crippen LogP contribution in [-0.2, 0) is 14.4 Å². The number of hydrogen-bond donors (Lipinski definition) is 4. The van der Waals surface area contributed by atoms with Gasteiger partial charge in [-0.05, 0) is 27.2 Å². The Balaban J connectivity index is 1.41. The molecule has 11 heteroatoms. The Morgan fingerprint density at radius 3 is 2.55 bits per heavy atom. The molecule has 0 aromatic rings. The lowest BCUT2D eigenvalue weighted by Gasteiger charge is -2.46. The number of carboxylic acid groups (broad SMARTS) is 1. The molecule has 4 rings (SSSR count). The number of nitrogens with one attached hydrogen (secondary N) is 2. The van der Waals surface area contributed by atoms with E-state index in [2.05, 4.69) is 5.32 Å². The number of aliphatic carboxylic acids is 1. The molecule has 0 aliphatic carbocycles. The number of amides is 2. The minimum absolute atomic E-state index is 0.0204. The smallest absolute Gasteiger partial charge is 0.353 e. The van der Waals surface area contributed by atoms with Crippen molar-refractivity contribution < 1.29 is 24.6 Å². The van der Waals surface area contributed by atoms with Crippen LogP contribution in [0.15, 0.2) is 10.6 Å². The maximum absolute atomic E-state index is 13.1. The standard InChI is InChI=1S/C22H33N5O5S/c1-10-9-25(5-6-26(10)13(4)23)20(29)15-7-14(8-24-15)33-19-11(2)17-16(12(3)28)21(30)27(17)18(19)22(31)32/h10-12,14-17,23-24,28H,5-9H2,1-4H3,(H,31,32)/t10?,11?,12?,14?,15?,16?,17-/m1/s1. The molecule has 7 atom stereocenters. The molecule has 182 valence electrons. The van der Waals surface area contributed by atoms with Gasteiger partial charge in [0.25, 0.3) is 0 Å². The van der Waals surface area contributed by atoms with Gasteiger partial charge >= 0.3 is 5.97 Å². The molecule has 10 nitrogen and oxygen atoms in total. The van der Waals surface area contributed by atoms with E-state index in [1.54, 1.807) is 13.8 Å². The Bertz CT molecular complexity index is 908. The van der Waals surface area contributed by atoms with E-state index in [-0.39, 0.29) is 46.8 Å². The van der Waals surface area contributed by atoms with Gasteiger partial charge in [0.15, 0.2) is 0 Å². The first-order valence-corrected chi connectivity index (χ1v) is 12.4. The highest BCUT2D eigenvalue weighted by Gasteiger charge is 2.60. The van der Waals surface area contributed by atoms with Crippen LogP contribution in [0.1, 0.15) is 34.1 Å². The lowest BCUT2D eigenvalue weighted by molar-refractivity contribution is -0.163. The van der Waals surface area contributed by atoms with E-state index in [9.17, 15) is 24.6 Å². The second-order valence-corrected chi connectivity index (χ2v) is 11.0. The average molecular weight is 480 g/mol. The number of carbonyl (C=O) groups is 3. The Hall–Kier alpha value is -2.11. The fraction of sp³-hybridized carbons (Fsp3) is 0.727. The van der Waals surface area contributed by atoms with Crippen molar-refractivity contribution in [3.63, 3.8) is 0 Å². The monoisotopic (exact) mass is 479 g/mol. The summed E-state index contributed by atoms with van der Waals surface area (Å²) in [6, 6.07) is -0.553. The minimum Gasteiger partial charge on any atom is -0.477 e. The van der Waals surface area contributed by atoms with E-state index in [0.717, 1.165) is 0 Å². The molecular weight excluding hydrogens is 446 g/mol. The van der Waals surface area contributed by atoms with E-state index in [4.69, 9.17) is 5.41 Å². The van der Waals surface area contributed by atoms with Crippen molar-refractivity contribution in [1.29, 1.82) is 5.41 Å². The zero-order valence-electron chi connectivity index (χ0n) is 19.4. The fourth-order valence-corrected chi connectivity index (χ4v) is 7.19. The summed E-state index contributed by atoms with van der Waals surface area (Å²) in [5.41, 5.74) is 0.0288. The van der Waals surface area contributed by atoms with Gasteiger partial charge in [-0.25, -0.2) is 4.79 Å². The Morgan fingerprint density at radius 1 is 1.27 bits per heavy atom. The molecule has 4 aliphatic rings. The predicted molar refractivity (Wildman–Crippen MR) is 124 cm³/mol. The van der Waals surface area contributed by atoms with Crippen molar-refractivity contribution in [2.75, 3.05) is 26.2 Å². The first-order valence-electron chi connectivity index (χ1n) is 11.5. The van der Waals surface area contributed by atoms with Crippen molar-refractivity contribution in [1.82, 2.24) is 20.0 Å². The Morgan fingerprint density at radius 2 is 1.97 bits per heavy atom. The van der Waals surface area contributed by atoms with Gasteiger partial charge in [0.2, 0.25) is 11.8 Å². The number of aliphatic hydroxyl groups is 1. The van der Waals surface area contributed by atoms with Gasteiger partial charge in [-0.3, -0.25) is 15.0 Å². The predicted octanol–water partition coefficient (Wildman–Crippen LogP) is 0.134. The van der Waals surface area contributed by atoms with Gasteiger partial charge in [-0.1, -0.05) is 6.92 Å². The van der Waals surface area contributed by atoms with Crippen molar-refractivity contribution in [3.8, 4) is 0 Å². The van der Waals surface area contributed by atoms with Crippen LogP contribution in [0.3, 0.4) is 0 Å². The number of aliphatic hydroxyl groups excluding tert-OH is 1. The number of rotatable bonds is 5. The summed E-state index contributed by atoms with van der Waals surface area (Å²) < 4.78 is 0. The molecule has 3 saturated heterocycles. The zero-order valence-corrected chi connectivity index (χ0v) is 20.3. The summed E-state index contributed by atoms with van der Waals surface area (Å²) in [5.74, 6) is -1.65. The highest BCUT2D eigenvalue weighted by Crippen LogP contribution is 2.51. The van der Waals surface area contributed by atoms with Crippen LogP contribution in [0.2, 0.25) is 0 Å². The van der Waals surface area contributed by atoms with E-state index < -0.39 is 18.0 Å². The number of nitrogens with zero attached hydrogens (tertiary/aromatic N) is 3. The molecule has 6 unspecified atom stereocenters. The first kappa shape index (κ1) is 24.0. The second-order valence-electron chi connectivity index (χ2n) is 9.62. The maximum atomic E-state index is 13.1. The Labute approximate surface area is 197 Å². The topological polar surface area (TPSA) is 137 Å². The van der Waals surface area contributed by atoms with Gasteiger partial charge in [0.1, 0.15) is 5.70 Å². The molecule has 0 spiro atoms. The molecule has 4 heterocycles. The number of thioether (sulfide) groups is 1. The molecule has 4 N–H and O–H groups in total. The van der Waals surface area contributed by atoms with Crippen LogP contribution in [0.5, 0.6) is 0 Å². The molecule has 0 aromatic carbocycles. The first-order chi connectivity index (χ1) is 15.5. The van der Waals surface area contributed by atoms with E-state index in [1.165, 1.54) is 16.7 Å². The number of carbonyl (C=O) groups excluding carboxylic acids is 2. The van der Waals surface area contributed by atoms with Gasteiger partial charge in [-0.2, -0.15) is 0 Å². The average Bonchev–Trinajstić information content (AvgIpc) is 3.29. The van der Waals surface area contributed by atoms with Crippen molar-refractivity contribution in [3.05, 3.63) is 10.6 Å². The van der Waals surface area contributed by atoms with Crippen LogP contribution < -0.4 is 5.32 Å². The number of fused-ring (bicyclic) bond motifs is 1. The number of piperazine rings is 1. The molecule has 0 aromatic heterocycles. The number of β-lactam (4-membered cyclic amide) rings is 1. The lowest BCUT2D eigenvalue weighted by atomic mass is 9.79. The van der Waals surface area contributed by atoms with Gasteiger partial charge < -0.3 is 30.2 Å². The van der Waals surface area contributed by atoms with Crippen molar-refractivity contribution in [2.45, 2.75) is 63.6 Å². The summed E-state index contributed by atoms with van der Waals surface area (Å²) >= 11 is 1.45. The quantitative estimate of drug-likeness (QED) is 0.248. The highest BCUT2D eigenvalue weighted by atomic mass is 32.2. The molecule has 0 saturated carbocycles. The van der Waals surface area contributed by atoms with Crippen LogP contribution in [0.25, 0.3) is 0 Å².